The summed E-state index contributed by atoms with van der Waals surface area (Å²) in [6, 6.07) is 2.11. The number of aliphatic hydroxyl groups excluding tert-OH is 1. The number of anilines is 1. The van der Waals surface area contributed by atoms with Gasteiger partial charge in [-0.2, -0.15) is 0 Å². The van der Waals surface area contributed by atoms with Gasteiger partial charge in [-0.15, -0.1) is 0 Å². The molecule has 114 valence electrons. The van der Waals surface area contributed by atoms with E-state index in [9.17, 15) is 5.11 Å². The molecule has 4 N–H and O–H groups in total. The van der Waals surface area contributed by atoms with Crippen LogP contribution in [-0.2, 0) is 0 Å². The molecule has 1 saturated carbocycles. The van der Waals surface area contributed by atoms with Crippen molar-refractivity contribution < 1.29 is 5.11 Å². The van der Waals surface area contributed by atoms with E-state index in [1.54, 1.807) is 0 Å². The number of aliphatic hydroxyl groups is 1. The van der Waals surface area contributed by atoms with E-state index in [4.69, 9.17) is 10.7 Å². The van der Waals surface area contributed by atoms with Gasteiger partial charge in [-0.05, 0) is 32.6 Å². The third-order valence-electron chi connectivity index (χ3n) is 3.80. The van der Waals surface area contributed by atoms with E-state index in [2.05, 4.69) is 15.3 Å². The van der Waals surface area contributed by atoms with Crippen LogP contribution in [0.4, 0.5) is 5.82 Å². The Balaban J connectivity index is 2.16. The third-order valence-corrected chi connectivity index (χ3v) is 3.80. The first-order chi connectivity index (χ1) is 10.1. The van der Waals surface area contributed by atoms with Crippen molar-refractivity contribution in [3.63, 3.8) is 0 Å². The highest BCUT2D eigenvalue weighted by Gasteiger charge is 2.19. The molecule has 1 aromatic rings. The first-order valence-corrected chi connectivity index (χ1v) is 7.29. The Labute approximate surface area is 125 Å². The Bertz CT molecular complexity index is 533. The van der Waals surface area contributed by atoms with Crippen LogP contribution in [0.3, 0.4) is 0 Å². The molecule has 2 rings (SSSR count). The van der Waals surface area contributed by atoms with Crippen LogP contribution in [0, 0.1) is 0 Å². The van der Waals surface area contributed by atoms with Crippen LogP contribution >= 0.6 is 0 Å². The van der Waals surface area contributed by atoms with Gasteiger partial charge in [-0.3, -0.25) is 4.99 Å². The third kappa shape index (κ3) is 4.01. The minimum absolute atomic E-state index is 0.165. The maximum Gasteiger partial charge on any atom is 0.129 e. The molecule has 0 aromatic carbocycles. The summed E-state index contributed by atoms with van der Waals surface area (Å²) in [4.78, 5) is 13.1. The number of aliphatic imine (C=N–C) groups is 1. The van der Waals surface area contributed by atoms with E-state index in [1.807, 2.05) is 20.0 Å². The van der Waals surface area contributed by atoms with Gasteiger partial charge >= 0.3 is 0 Å². The normalized spacial score (nSPS) is 24.0. The number of rotatable bonds is 4. The highest BCUT2D eigenvalue weighted by molar-refractivity contribution is 6.22. The number of nitrogens with two attached hydrogens (primary N) is 1. The molecule has 0 atom stereocenters. The molecule has 0 radical (unpaired) electrons. The van der Waals surface area contributed by atoms with E-state index >= 15 is 0 Å². The van der Waals surface area contributed by atoms with Gasteiger partial charge in [-0.25, -0.2) is 9.97 Å². The van der Waals surface area contributed by atoms with Gasteiger partial charge in [0.1, 0.15) is 12.1 Å². The van der Waals surface area contributed by atoms with Crippen molar-refractivity contribution in [1.82, 2.24) is 9.97 Å². The number of hydrogen-bond donors (Lipinski definition) is 3. The van der Waals surface area contributed by atoms with Crippen LogP contribution in [0.25, 0.3) is 5.57 Å². The van der Waals surface area contributed by atoms with Crippen molar-refractivity contribution >= 4 is 17.1 Å². The zero-order valence-corrected chi connectivity index (χ0v) is 12.6. The summed E-state index contributed by atoms with van der Waals surface area (Å²) in [5.74, 6) is 0.743. The van der Waals surface area contributed by atoms with Crippen molar-refractivity contribution in [2.24, 2.45) is 10.7 Å². The SMILES string of the molecule is CNc1cc(/C(=C/N)C(C)=NC2CCC(O)CC2)ncn1. The zero-order chi connectivity index (χ0) is 15.2. The predicted molar refractivity (Wildman–Crippen MR) is 85.1 cm³/mol. The second-order valence-corrected chi connectivity index (χ2v) is 5.30. The van der Waals surface area contributed by atoms with Crippen molar-refractivity contribution in [3.8, 4) is 0 Å². The molecule has 0 aliphatic heterocycles. The fraction of sp³-hybridized carbons (Fsp3) is 0.533. The second kappa shape index (κ2) is 7.17. The van der Waals surface area contributed by atoms with Crippen LogP contribution in [0.2, 0.25) is 0 Å². The monoisotopic (exact) mass is 289 g/mol. The molecule has 0 bridgehead atoms. The maximum atomic E-state index is 9.55. The molecular formula is C15H23N5O. The van der Waals surface area contributed by atoms with Crippen molar-refractivity contribution in [2.75, 3.05) is 12.4 Å². The number of aromatic nitrogens is 2. The summed E-state index contributed by atoms with van der Waals surface area (Å²) in [5, 5.41) is 12.5. The summed E-state index contributed by atoms with van der Waals surface area (Å²) in [6.45, 7) is 1.95. The van der Waals surface area contributed by atoms with Crippen molar-refractivity contribution in [3.05, 3.63) is 24.3 Å². The van der Waals surface area contributed by atoms with Crippen LogP contribution in [0.15, 0.2) is 23.6 Å². The average molecular weight is 289 g/mol. The molecule has 6 nitrogen and oxygen atoms in total. The number of hydrogen-bond acceptors (Lipinski definition) is 6. The molecule has 0 spiro atoms. The summed E-state index contributed by atoms with van der Waals surface area (Å²) in [6.07, 6.45) is 6.36. The molecule has 0 amide bonds. The summed E-state index contributed by atoms with van der Waals surface area (Å²) < 4.78 is 0. The molecule has 1 aliphatic rings. The number of nitrogens with zero attached hydrogens (tertiary/aromatic N) is 3. The van der Waals surface area contributed by atoms with E-state index < -0.39 is 0 Å². The highest BCUT2D eigenvalue weighted by Crippen LogP contribution is 2.23. The lowest BCUT2D eigenvalue weighted by Gasteiger charge is -2.23. The van der Waals surface area contributed by atoms with Crippen LogP contribution < -0.4 is 11.1 Å². The Hall–Kier alpha value is -1.95. The first kappa shape index (κ1) is 15.4. The van der Waals surface area contributed by atoms with E-state index in [0.717, 1.165) is 48.5 Å². The molecule has 1 aromatic heterocycles. The van der Waals surface area contributed by atoms with Gasteiger partial charge in [0.25, 0.3) is 0 Å². The van der Waals surface area contributed by atoms with Gasteiger partial charge in [0, 0.05) is 30.6 Å². The summed E-state index contributed by atoms with van der Waals surface area (Å²) in [7, 11) is 1.81. The van der Waals surface area contributed by atoms with Crippen LogP contribution in [0.1, 0.15) is 38.3 Å². The number of nitrogens with one attached hydrogen (secondary N) is 1. The maximum absolute atomic E-state index is 9.55. The molecule has 1 heterocycles. The van der Waals surface area contributed by atoms with E-state index in [-0.39, 0.29) is 12.1 Å². The van der Waals surface area contributed by atoms with Gasteiger partial charge in [0.15, 0.2) is 0 Å². The Kier molecular flexibility index (Phi) is 5.27. The molecule has 0 saturated heterocycles. The van der Waals surface area contributed by atoms with Gasteiger partial charge < -0.3 is 16.2 Å². The summed E-state index contributed by atoms with van der Waals surface area (Å²) in [5.41, 5.74) is 8.21. The lowest BCUT2D eigenvalue weighted by atomic mass is 9.93. The Morgan fingerprint density at radius 3 is 2.71 bits per heavy atom. The van der Waals surface area contributed by atoms with Gasteiger partial charge in [-0.1, -0.05) is 0 Å². The standard InChI is InChI=1S/C15H23N5O/c1-10(20-11-3-5-12(21)6-4-11)13(8-16)14-7-15(17-2)19-9-18-14/h7-9,11-12,21H,3-6,16H2,1-2H3,(H,17,18,19)/b13-8+,20-10?. The molecule has 21 heavy (non-hydrogen) atoms. The topological polar surface area (TPSA) is 96.4 Å². The van der Waals surface area contributed by atoms with E-state index in [1.165, 1.54) is 12.5 Å². The summed E-state index contributed by atoms with van der Waals surface area (Å²) >= 11 is 0. The fourth-order valence-corrected chi connectivity index (χ4v) is 2.56. The second-order valence-electron chi connectivity index (χ2n) is 5.30. The lowest BCUT2D eigenvalue weighted by Crippen LogP contribution is -2.21. The fourth-order valence-electron chi connectivity index (χ4n) is 2.56. The predicted octanol–water partition coefficient (Wildman–Crippen LogP) is 1.58. The zero-order valence-electron chi connectivity index (χ0n) is 12.6. The minimum atomic E-state index is -0.165. The molecule has 1 aliphatic carbocycles. The Morgan fingerprint density at radius 2 is 2.10 bits per heavy atom. The lowest BCUT2D eigenvalue weighted by molar-refractivity contribution is 0.123. The van der Waals surface area contributed by atoms with Crippen LogP contribution in [-0.4, -0.2) is 40.0 Å². The average Bonchev–Trinajstić information content (AvgIpc) is 2.50. The van der Waals surface area contributed by atoms with E-state index in [0.29, 0.717) is 0 Å². The quantitative estimate of drug-likeness (QED) is 0.731. The molecule has 0 unspecified atom stereocenters. The van der Waals surface area contributed by atoms with Crippen molar-refractivity contribution in [2.45, 2.75) is 44.8 Å². The van der Waals surface area contributed by atoms with Gasteiger partial charge in [0.05, 0.1) is 17.8 Å². The highest BCUT2D eigenvalue weighted by atomic mass is 16.3. The molecule has 1 fully saturated rings. The van der Waals surface area contributed by atoms with Crippen molar-refractivity contribution in [1.29, 1.82) is 0 Å². The minimum Gasteiger partial charge on any atom is -0.404 e. The first-order valence-electron chi connectivity index (χ1n) is 7.29. The molecular weight excluding hydrogens is 266 g/mol. The largest absolute Gasteiger partial charge is 0.404 e. The van der Waals surface area contributed by atoms with Gasteiger partial charge in [0.2, 0.25) is 0 Å². The Morgan fingerprint density at radius 1 is 1.38 bits per heavy atom. The smallest absolute Gasteiger partial charge is 0.129 e. The van der Waals surface area contributed by atoms with Crippen LogP contribution in [0.5, 0.6) is 0 Å². The molecule has 6 heteroatoms. The number of allylic oxidation sites excluding steroid dienone is 1.